The summed E-state index contributed by atoms with van der Waals surface area (Å²) in [4.78, 5) is 0. The number of rotatable bonds is 6. The van der Waals surface area contributed by atoms with E-state index in [2.05, 4.69) is 4.72 Å². The molecular formula is C7H13ClF3NO2S. The van der Waals surface area contributed by atoms with E-state index in [-0.39, 0.29) is 11.9 Å². The van der Waals surface area contributed by atoms with Gasteiger partial charge in [0.25, 0.3) is 0 Å². The van der Waals surface area contributed by atoms with Gasteiger partial charge in [0, 0.05) is 18.3 Å². The third-order valence-corrected chi connectivity index (χ3v) is 3.04. The summed E-state index contributed by atoms with van der Waals surface area (Å²) < 4.78 is 59.4. The molecule has 0 aromatic rings. The third kappa shape index (κ3) is 10.3. The van der Waals surface area contributed by atoms with Crippen molar-refractivity contribution >= 4 is 21.6 Å². The van der Waals surface area contributed by atoms with Crippen molar-refractivity contribution in [3.05, 3.63) is 0 Å². The van der Waals surface area contributed by atoms with E-state index in [1.165, 1.54) is 0 Å². The summed E-state index contributed by atoms with van der Waals surface area (Å²) in [6.07, 6.45) is -5.84. The molecule has 0 aromatic heterocycles. The summed E-state index contributed by atoms with van der Waals surface area (Å²) in [6, 6.07) is 0. The quantitative estimate of drug-likeness (QED) is 0.747. The Kier molecular flexibility index (Phi) is 5.90. The molecular weight excluding hydrogens is 255 g/mol. The zero-order valence-corrected chi connectivity index (χ0v) is 9.71. The molecule has 0 aliphatic rings. The van der Waals surface area contributed by atoms with Crippen molar-refractivity contribution in [1.82, 2.24) is 4.72 Å². The molecule has 0 saturated heterocycles. The summed E-state index contributed by atoms with van der Waals surface area (Å²) in [6.45, 7) is 1.61. The van der Waals surface area contributed by atoms with Gasteiger partial charge in [-0.25, -0.2) is 13.1 Å². The maximum atomic E-state index is 11.7. The normalized spacial score (nSPS) is 15.3. The molecule has 92 valence electrons. The summed E-state index contributed by atoms with van der Waals surface area (Å²) >= 11 is 5.48. The van der Waals surface area contributed by atoms with Gasteiger partial charge in [0.1, 0.15) is 0 Å². The lowest BCUT2D eigenvalue weighted by molar-refractivity contribution is -0.134. The van der Waals surface area contributed by atoms with Crippen LogP contribution in [0.5, 0.6) is 0 Å². The number of hydrogen-bond acceptors (Lipinski definition) is 2. The van der Waals surface area contributed by atoms with Crippen LogP contribution in [0, 0.1) is 0 Å². The highest BCUT2D eigenvalue weighted by Crippen LogP contribution is 2.21. The predicted molar refractivity (Wildman–Crippen MR) is 52.4 cm³/mol. The van der Waals surface area contributed by atoms with Gasteiger partial charge in [-0.3, -0.25) is 0 Å². The smallest absolute Gasteiger partial charge is 0.214 e. The second-order valence-electron chi connectivity index (χ2n) is 3.17. The Morgan fingerprint density at radius 2 is 1.93 bits per heavy atom. The molecule has 0 spiro atoms. The average molecular weight is 268 g/mol. The Morgan fingerprint density at radius 1 is 1.40 bits per heavy atom. The van der Waals surface area contributed by atoms with Crippen LogP contribution in [0.3, 0.4) is 0 Å². The van der Waals surface area contributed by atoms with E-state index in [0.29, 0.717) is 0 Å². The lowest BCUT2D eigenvalue weighted by Gasteiger charge is -2.08. The molecule has 8 heteroatoms. The molecule has 0 aromatic carbocycles. The van der Waals surface area contributed by atoms with Crippen molar-refractivity contribution in [2.45, 2.75) is 31.3 Å². The van der Waals surface area contributed by atoms with Crippen molar-refractivity contribution in [2.75, 3.05) is 12.3 Å². The van der Waals surface area contributed by atoms with Crippen molar-refractivity contribution in [1.29, 1.82) is 0 Å². The van der Waals surface area contributed by atoms with Crippen molar-refractivity contribution in [3.8, 4) is 0 Å². The van der Waals surface area contributed by atoms with Crippen LogP contribution < -0.4 is 4.72 Å². The second-order valence-corrected chi connectivity index (χ2v) is 5.84. The summed E-state index contributed by atoms with van der Waals surface area (Å²) in [5.74, 6) is -0.532. The van der Waals surface area contributed by atoms with Crippen molar-refractivity contribution in [2.24, 2.45) is 0 Å². The molecule has 0 fully saturated rings. The van der Waals surface area contributed by atoms with E-state index in [9.17, 15) is 21.6 Å². The Balaban J connectivity index is 3.85. The maximum Gasteiger partial charge on any atom is 0.389 e. The fraction of sp³-hybridized carbons (Fsp3) is 1.00. The minimum Gasteiger partial charge on any atom is -0.214 e. The highest BCUT2D eigenvalue weighted by Gasteiger charge is 2.27. The number of sulfonamides is 1. The van der Waals surface area contributed by atoms with E-state index < -0.39 is 34.8 Å². The van der Waals surface area contributed by atoms with Crippen LogP contribution in [-0.2, 0) is 10.0 Å². The van der Waals surface area contributed by atoms with Gasteiger partial charge in [0.15, 0.2) is 0 Å². The molecule has 1 unspecified atom stereocenters. The zero-order valence-electron chi connectivity index (χ0n) is 8.14. The minimum atomic E-state index is -4.31. The number of halogens is 4. The lowest BCUT2D eigenvalue weighted by atomic mass is 10.3. The van der Waals surface area contributed by atoms with Gasteiger partial charge in [0.05, 0.1) is 5.75 Å². The van der Waals surface area contributed by atoms with E-state index in [4.69, 9.17) is 11.6 Å². The molecule has 0 aliphatic heterocycles. The van der Waals surface area contributed by atoms with Gasteiger partial charge in [0.2, 0.25) is 10.0 Å². The van der Waals surface area contributed by atoms with Gasteiger partial charge in [-0.1, -0.05) is 0 Å². The Morgan fingerprint density at radius 3 is 2.33 bits per heavy atom. The van der Waals surface area contributed by atoms with Crippen LogP contribution in [0.2, 0.25) is 0 Å². The Labute approximate surface area is 92.0 Å². The van der Waals surface area contributed by atoms with Crippen LogP contribution in [0.25, 0.3) is 0 Å². The van der Waals surface area contributed by atoms with E-state index >= 15 is 0 Å². The molecule has 0 bridgehead atoms. The molecule has 0 aliphatic carbocycles. The van der Waals surface area contributed by atoms with Crippen molar-refractivity contribution in [3.63, 3.8) is 0 Å². The third-order valence-electron chi connectivity index (χ3n) is 1.46. The molecule has 0 amide bonds. The van der Waals surface area contributed by atoms with Crippen LogP contribution in [0.4, 0.5) is 13.2 Å². The fourth-order valence-electron chi connectivity index (χ4n) is 0.777. The highest BCUT2D eigenvalue weighted by molar-refractivity contribution is 7.89. The predicted octanol–water partition coefficient (Wildman–Crippen LogP) is 1.88. The minimum absolute atomic E-state index is 0.0237. The number of hydrogen-bond donors (Lipinski definition) is 1. The van der Waals surface area contributed by atoms with Gasteiger partial charge >= 0.3 is 6.18 Å². The van der Waals surface area contributed by atoms with Crippen molar-refractivity contribution < 1.29 is 21.6 Å². The van der Waals surface area contributed by atoms with Gasteiger partial charge in [-0.2, -0.15) is 13.2 Å². The largest absolute Gasteiger partial charge is 0.389 e. The van der Waals surface area contributed by atoms with Crippen LogP contribution >= 0.6 is 11.6 Å². The Hall–Kier alpha value is -0.0100. The van der Waals surface area contributed by atoms with E-state index in [1.54, 1.807) is 6.92 Å². The standard InChI is InChI=1S/C7H13ClF3NO2S/c1-6(8)5-12-15(13,14)4-2-3-7(9,10)11/h6,12H,2-5H2,1H3. The monoisotopic (exact) mass is 267 g/mol. The van der Waals surface area contributed by atoms with Crippen LogP contribution in [-0.4, -0.2) is 32.3 Å². The van der Waals surface area contributed by atoms with Gasteiger partial charge in [-0.15, -0.1) is 11.6 Å². The van der Waals surface area contributed by atoms with Gasteiger partial charge in [-0.05, 0) is 13.3 Å². The van der Waals surface area contributed by atoms with Gasteiger partial charge < -0.3 is 0 Å². The molecule has 15 heavy (non-hydrogen) atoms. The average Bonchev–Trinajstić information content (AvgIpc) is 1.98. The SMILES string of the molecule is CC(Cl)CNS(=O)(=O)CCCC(F)(F)F. The van der Waals surface area contributed by atoms with Crippen LogP contribution in [0.15, 0.2) is 0 Å². The van der Waals surface area contributed by atoms with Crippen LogP contribution in [0.1, 0.15) is 19.8 Å². The Bertz CT molecular complexity index is 276. The molecule has 1 atom stereocenters. The first-order valence-electron chi connectivity index (χ1n) is 4.30. The maximum absolute atomic E-state index is 11.7. The summed E-state index contributed by atoms with van der Waals surface area (Å²) in [5.41, 5.74) is 0. The number of nitrogens with one attached hydrogen (secondary N) is 1. The van der Waals surface area contributed by atoms with E-state index in [1.807, 2.05) is 0 Å². The summed E-state index contributed by atoms with van der Waals surface area (Å²) in [5, 5.41) is -0.387. The molecule has 0 saturated carbocycles. The zero-order chi connectivity index (χ0) is 12.1. The fourth-order valence-corrected chi connectivity index (χ4v) is 2.12. The first-order chi connectivity index (χ1) is 6.62. The molecule has 0 rings (SSSR count). The lowest BCUT2D eigenvalue weighted by Crippen LogP contribution is -2.31. The molecule has 3 nitrogen and oxygen atoms in total. The molecule has 1 N–H and O–H groups in total. The molecule has 0 heterocycles. The summed E-state index contributed by atoms with van der Waals surface area (Å²) in [7, 11) is -3.63. The number of alkyl halides is 4. The highest BCUT2D eigenvalue weighted by atomic mass is 35.5. The first-order valence-corrected chi connectivity index (χ1v) is 6.39. The van der Waals surface area contributed by atoms with E-state index in [0.717, 1.165) is 0 Å². The molecule has 0 radical (unpaired) electrons. The first kappa shape index (κ1) is 15.0. The second kappa shape index (κ2) is 5.91. The topological polar surface area (TPSA) is 46.2 Å².